The van der Waals surface area contributed by atoms with Crippen LogP contribution in [0.3, 0.4) is 0 Å². The number of nitrogens with two attached hydrogens (primary N) is 1. The van der Waals surface area contributed by atoms with Crippen LogP contribution in [0.25, 0.3) is 0 Å². The lowest BCUT2D eigenvalue weighted by atomic mass is 10.4. The molecule has 0 saturated carbocycles. The summed E-state index contributed by atoms with van der Waals surface area (Å²) in [4.78, 5) is 2.48. The zero-order valence-electron chi connectivity index (χ0n) is 6.92. The van der Waals surface area contributed by atoms with Gasteiger partial charge in [0, 0.05) is 11.1 Å². The lowest BCUT2D eigenvalue weighted by molar-refractivity contribution is 0.795. The summed E-state index contributed by atoms with van der Waals surface area (Å²) in [6.45, 7) is 0. The van der Waals surface area contributed by atoms with E-state index in [9.17, 15) is 0 Å². The Hall–Kier alpha value is -1.42. The van der Waals surface area contributed by atoms with Gasteiger partial charge in [0.15, 0.2) is 0 Å². The maximum absolute atomic E-state index is 5.42. The van der Waals surface area contributed by atoms with Crippen LogP contribution in [0.2, 0.25) is 0 Å². The molecule has 1 aromatic heterocycles. The van der Waals surface area contributed by atoms with Gasteiger partial charge < -0.3 is 5.84 Å². The highest BCUT2D eigenvalue weighted by Crippen LogP contribution is 2.24. The first-order valence-corrected chi connectivity index (χ1v) is 4.70. The smallest absolute Gasteiger partial charge is 0.125 e. The van der Waals surface area contributed by atoms with E-state index in [0.29, 0.717) is 0 Å². The van der Waals surface area contributed by atoms with E-state index in [0.717, 1.165) is 5.03 Å². The quantitative estimate of drug-likeness (QED) is 0.735. The number of aromatic nitrogens is 2. The minimum Gasteiger partial charge on any atom is -0.323 e. The fourth-order valence-corrected chi connectivity index (χ4v) is 1.78. The van der Waals surface area contributed by atoms with Gasteiger partial charge in [0.2, 0.25) is 0 Å². The van der Waals surface area contributed by atoms with Gasteiger partial charge in [-0.1, -0.05) is 30.0 Å². The van der Waals surface area contributed by atoms with Crippen molar-refractivity contribution >= 4 is 11.8 Å². The highest BCUT2D eigenvalue weighted by Gasteiger charge is 1.98. The monoisotopic (exact) mass is 191 g/mol. The molecule has 0 fully saturated rings. The lowest BCUT2D eigenvalue weighted by Gasteiger charge is -1.95. The normalized spacial score (nSPS) is 10.2. The Bertz CT molecular complexity index is 383. The Kier molecular flexibility index (Phi) is 2.23. The van der Waals surface area contributed by atoms with Crippen molar-refractivity contribution in [3.8, 4) is 0 Å². The maximum atomic E-state index is 5.42. The van der Waals surface area contributed by atoms with Gasteiger partial charge in [-0.05, 0) is 18.2 Å². The molecule has 0 spiro atoms. The first kappa shape index (κ1) is 8.19. The Morgan fingerprint density at radius 3 is 2.54 bits per heavy atom. The minimum atomic E-state index is 0.911. The Balaban J connectivity index is 2.15. The summed E-state index contributed by atoms with van der Waals surface area (Å²) in [6.07, 6.45) is 1.73. The Morgan fingerprint density at radius 2 is 1.92 bits per heavy atom. The van der Waals surface area contributed by atoms with E-state index in [2.05, 4.69) is 5.10 Å². The van der Waals surface area contributed by atoms with Crippen LogP contribution in [0.5, 0.6) is 0 Å². The summed E-state index contributed by atoms with van der Waals surface area (Å²) in [5, 5.41) is 4.97. The zero-order chi connectivity index (χ0) is 9.10. The van der Waals surface area contributed by atoms with Crippen molar-refractivity contribution in [2.45, 2.75) is 9.92 Å². The number of benzene rings is 1. The molecule has 13 heavy (non-hydrogen) atoms. The maximum Gasteiger partial charge on any atom is 0.125 e. The third-order valence-corrected chi connectivity index (χ3v) is 2.48. The molecule has 0 aliphatic rings. The van der Waals surface area contributed by atoms with Gasteiger partial charge in [-0.25, -0.2) is 0 Å². The lowest BCUT2D eigenvalue weighted by Crippen LogP contribution is -2.07. The molecule has 0 saturated heterocycles. The molecule has 0 aliphatic heterocycles. The van der Waals surface area contributed by atoms with Crippen molar-refractivity contribution in [3.05, 3.63) is 42.6 Å². The standard InChI is InChI=1S/C9H9N3S/c10-12-7-6-9(11-12)13-8-4-2-1-3-5-8/h1-7H,10H2. The first-order chi connectivity index (χ1) is 6.34. The molecule has 0 amide bonds. The van der Waals surface area contributed by atoms with Crippen molar-refractivity contribution in [2.24, 2.45) is 0 Å². The predicted octanol–water partition coefficient (Wildman–Crippen LogP) is 1.75. The fourth-order valence-electron chi connectivity index (χ4n) is 0.984. The van der Waals surface area contributed by atoms with Crippen molar-refractivity contribution in [2.75, 3.05) is 5.84 Å². The largest absolute Gasteiger partial charge is 0.323 e. The van der Waals surface area contributed by atoms with Crippen LogP contribution in [-0.2, 0) is 0 Å². The summed E-state index contributed by atoms with van der Waals surface area (Å²) in [5.74, 6) is 5.42. The zero-order valence-corrected chi connectivity index (χ0v) is 7.74. The average Bonchev–Trinajstić information content (AvgIpc) is 2.53. The number of nitrogens with zero attached hydrogens (tertiary/aromatic N) is 2. The molecule has 0 radical (unpaired) electrons. The molecule has 4 heteroatoms. The predicted molar refractivity (Wildman–Crippen MR) is 52.9 cm³/mol. The number of hydrogen-bond acceptors (Lipinski definition) is 3. The summed E-state index contributed by atoms with van der Waals surface area (Å²) < 4.78 is 0. The van der Waals surface area contributed by atoms with Crippen LogP contribution in [-0.4, -0.2) is 9.89 Å². The van der Waals surface area contributed by atoms with Crippen LogP contribution in [0.1, 0.15) is 0 Å². The van der Waals surface area contributed by atoms with E-state index in [4.69, 9.17) is 5.84 Å². The van der Waals surface area contributed by atoms with Crippen LogP contribution >= 0.6 is 11.8 Å². The van der Waals surface area contributed by atoms with Gasteiger partial charge in [0.1, 0.15) is 5.03 Å². The van der Waals surface area contributed by atoms with E-state index in [1.807, 2.05) is 36.4 Å². The van der Waals surface area contributed by atoms with Crippen molar-refractivity contribution in [3.63, 3.8) is 0 Å². The van der Waals surface area contributed by atoms with E-state index in [1.165, 1.54) is 9.69 Å². The van der Waals surface area contributed by atoms with E-state index >= 15 is 0 Å². The number of nitrogen functional groups attached to an aromatic ring is 1. The Labute approximate surface area is 80.5 Å². The molecule has 0 aliphatic carbocycles. The van der Waals surface area contributed by atoms with Crippen LogP contribution in [0.15, 0.2) is 52.5 Å². The molecule has 0 unspecified atom stereocenters. The molecule has 1 aromatic carbocycles. The molecule has 2 rings (SSSR count). The van der Waals surface area contributed by atoms with Gasteiger partial charge in [-0.15, -0.1) is 5.10 Å². The number of rotatable bonds is 2. The van der Waals surface area contributed by atoms with Gasteiger partial charge in [0.05, 0.1) is 0 Å². The van der Waals surface area contributed by atoms with E-state index < -0.39 is 0 Å². The van der Waals surface area contributed by atoms with Gasteiger partial charge in [0.25, 0.3) is 0 Å². The molecule has 2 aromatic rings. The third-order valence-electron chi connectivity index (χ3n) is 1.55. The molecule has 3 nitrogen and oxygen atoms in total. The molecule has 1 heterocycles. The van der Waals surface area contributed by atoms with Crippen molar-refractivity contribution in [1.82, 2.24) is 9.89 Å². The molecule has 0 atom stereocenters. The van der Waals surface area contributed by atoms with Crippen LogP contribution in [0, 0.1) is 0 Å². The second-order valence-electron chi connectivity index (χ2n) is 2.55. The summed E-state index contributed by atoms with van der Waals surface area (Å²) in [7, 11) is 0. The van der Waals surface area contributed by atoms with Crippen molar-refractivity contribution in [1.29, 1.82) is 0 Å². The van der Waals surface area contributed by atoms with Crippen LogP contribution < -0.4 is 5.84 Å². The average molecular weight is 191 g/mol. The van der Waals surface area contributed by atoms with Gasteiger partial charge >= 0.3 is 0 Å². The van der Waals surface area contributed by atoms with E-state index in [1.54, 1.807) is 18.0 Å². The van der Waals surface area contributed by atoms with Gasteiger partial charge in [-0.3, -0.25) is 0 Å². The molecule has 66 valence electrons. The molecule has 0 bridgehead atoms. The minimum absolute atomic E-state index is 0.911. The molecule has 2 N–H and O–H groups in total. The highest BCUT2D eigenvalue weighted by molar-refractivity contribution is 7.99. The highest BCUT2D eigenvalue weighted by atomic mass is 32.2. The topological polar surface area (TPSA) is 43.8 Å². The number of hydrogen-bond donors (Lipinski definition) is 1. The summed E-state index contributed by atoms with van der Waals surface area (Å²) in [5.41, 5.74) is 0. The fraction of sp³-hybridized carbons (Fsp3) is 0. The first-order valence-electron chi connectivity index (χ1n) is 3.88. The molecular formula is C9H9N3S. The van der Waals surface area contributed by atoms with Crippen LogP contribution in [0.4, 0.5) is 0 Å². The summed E-state index contributed by atoms with van der Waals surface area (Å²) >= 11 is 1.60. The van der Waals surface area contributed by atoms with E-state index in [-0.39, 0.29) is 0 Å². The third kappa shape index (κ3) is 2.03. The second kappa shape index (κ2) is 3.53. The second-order valence-corrected chi connectivity index (χ2v) is 3.64. The Morgan fingerprint density at radius 1 is 1.15 bits per heavy atom. The molecular weight excluding hydrogens is 182 g/mol. The summed E-state index contributed by atoms with van der Waals surface area (Å²) in [6, 6.07) is 12.0. The SMILES string of the molecule is Nn1ccc(Sc2ccccc2)n1. The van der Waals surface area contributed by atoms with Crippen molar-refractivity contribution < 1.29 is 0 Å². The van der Waals surface area contributed by atoms with Gasteiger partial charge in [-0.2, -0.15) is 4.79 Å².